The Morgan fingerprint density at radius 2 is 1.39 bits per heavy atom. The highest BCUT2D eigenvalue weighted by atomic mass is 14.2. The van der Waals surface area contributed by atoms with E-state index in [0.29, 0.717) is 5.92 Å². The van der Waals surface area contributed by atoms with Gasteiger partial charge in [-0.15, -0.1) is 0 Å². The van der Waals surface area contributed by atoms with Crippen molar-refractivity contribution in [1.82, 2.24) is 0 Å². The minimum absolute atomic E-state index is 0.286. The van der Waals surface area contributed by atoms with Crippen LogP contribution in [-0.2, 0) is 0 Å². The molecule has 0 heterocycles. The number of rotatable bonds is 1. The zero-order chi connectivity index (χ0) is 14.8. The van der Waals surface area contributed by atoms with Crippen molar-refractivity contribution in [3.8, 4) is 0 Å². The summed E-state index contributed by atoms with van der Waals surface area (Å²) in [5.41, 5.74) is 2.94. The first-order valence-corrected chi connectivity index (χ1v) is 6.96. The van der Waals surface area contributed by atoms with E-state index in [0.717, 1.165) is 0 Å². The van der Waals surface area contributed by atoms with Gasteiger partial charge in [-0.1, -0.05) is 96.5 Å². The molecule has 0 aliphatic rings. The first-order valence-electron chi connectivity index (χ1n) is 6.96. The lowest BCUT2D eigenvalue weighted by atomic mass is 9.81. The lowest BCUT2D eigenvalue weighted by Crippen LogP contribution is -2.12. The van der Waals surface area contributed by atoms with E-state index in [2.05, 4.69) is 60.3 Å². The summed E-state index contributed by atoms with van der Waals surface area (Å²) >= 11 is 0. The number of hydrogen-bond donors (Lipinski definition) is 0. The van der Waals surface area contributed by atoms with Crippen molar-refractivity contribution in [3.63, 3.8) is 0 Å². The maximum absolute atomic E-state index is 4.03. The van der Waals surface area contributed by atoms with Crippen LogP contribution in [0, 0.1) is 18.3 Å². The summed E-state index contributed by atoms with van der Waals surface area (Å²) in [5, 5.41) is 0. The molecule has 0 unspecified atom stereocenters. The minimum Gasteiger partial charge on any atom is -0.0991 e. The van der Waals surface area contributed by atoms with Crippen molar-refractivity contribution >= 4 is 0 Å². The average molecular weight is 248 g/mol. The van der Waals surface area contributed by atoms with E-state index >= 15 is 0 Å². The van der Waals surface area contributed by atoms with E-state index < -0.39 is 0 Å². The van der Waals surface area contributed by atoms with Gasteiger partial charge in [0.15, 0.2) is 0 Å². The van der Waals surface area contributed by atoms with Gasteiger partial charge in [-0.2, -0.15) is 0 Å². The van der Waals surface area contributed by atoms with Crippen LogP contribution in [0.25, 0.3) is 0 Å². The Labute approximate surface area is 115 Å². The SMILES string of the molecule is C=C(C(C)C)C(C)(C)C.CC.Cc1ccccc1. The Kier molecular flexibility index (Phi) is 10.7. The summed E-state index contributed by atoms with van der Waals surface area (Å²) in [5.74, 6) is 0.616. The molecule has 1 rings (SSSR count). The molecule has 18 heavy (non-hydrogen) atoms. The first kappa shape index (κ1) is 19.3. The van der Waals surface area contributed by atoms with Gasteiger partial charge in [0, 0.05) is 0 Å². The maximum atomic E-state index is 4.03. The van der Waals surface area contributed by atoms with Crippen LogP contribution >= 0.6 is 0 Å². The molecule has 0 fully saturated rings. The second kappa shape index (κ2) is 9.94. The van der Waals surface area contributed by atoms with Crippen molar-refractivity contribution in [1.29, 1.82) is 0 Å². The van der Waals surface area contributed by atoms with E-state index in [-0.39, 0.29) is 5.41 Å². The highest BCUT2D eigenvalue weighted by Crippen LogP contribution is 2.28. The molecule has 1 aromatic carbocycles. The van der Waals surface area contributed by atoms with E-state index in [1.54, 1.807) is 0 Å². The second-order valence-corrected chi connectivity index (χ2v) is 5.58. The summed E-state index contributed by atoms with van der Waals surface area (Å²) in [7, 11) is 0. The van der Waals surface area contributed by atoms with Gasteiger partial charge in [-0.25, -0.2) is 0 Å². The van der Waals surface area contributed by atoms with Gasteiger partial charge >= 0.3 is 0 Å². The molecule has 0 saturated heterocycles. The quantitative estimate of drug-likeness (QED) is 0.514. The lowest BCUT2D eigenvalue weighted by Gasteiger charge is -2.24. The summed E-state index contributed by atoms with van der Waals surface area (Å²) in [6.45, 7) is 21.1. The smallest absolute Gasteiger partial charge is 0.0173 e. The van der Waals surface area contributed by atoms with Gasteiger partial charge in [0.25, 0.3) is 0 Å². The predicted octanol–water partition coefficient (Wildman–Crippen LogP) is 6.27. The number of allylic oxidation sites excluding steroid dienone is 1. The molecule has 0 N–H and O–H groups in total. The highest BCUT2D eigenvalue weighted by Gasteiger charge is 2.16. The fourth-order valence-corrected chi connectivity index (χ4v) is 1.40. The van der Waals surface area contributed by atoms with Gasteiger partial charge in [0.2, 0.25) is 0 Å². The van der Waals surface area contributed by atoms with Crippen LogP contribution < -0.4 is 0 Å². The van der Waals surface area contributed by atoms with Crippen molar-refractivity contribution in [2.75, 3.05) is 0 Å². The molecule has 0 heteroatoms. The second-order valence-electron chi connectivity index (χ2n) is 5.58. The standard InChI is InChI=1S/C9H18.C7H8.C2H6/c1-7(2)8(3)9(4,5)6;1-7-5-3-2-4-6-7;1-2/h7H,3H2,1-2,4-6H3;2-6H,1H3;1-2H3. The largest absolute Gasteiger partial charge is 0.0991 e. The number of hydrogen-bond acceptors (Lipinski definition) is 0. The molecule has 0 atom stereocenters. The third-order valence-electron chi connectivity index (χ3n) is 2.60. The molecule has 0 radical (unpaired) electrons. The highest BCUT2D eigenvalue weighted by molar-refractivity contribution is 5.11. The molecule has 1 aromatic rings. The summed E-state index contributed by atoms with van der Waals surface area (Å²) in [6, 6.07) is 10.3. The van der Waals surface area contributed by atoms with Crippen LogP contribution in [0.1, 0.15) is 54.0 Å². The maximum Gasteiger partial charge on any atom is -0.0173 e. The Bertz CT molecular complexity index is 299. The fraction of sp³-hybridized carbons (Fsp3) is 0.556. The first-order chi connectivity index (χ1) is 8.25. The average Bonchev–Trinajstić information content (AvgIpc) is 2.31. The lowest BCUT2D eigenvalue weighted by molar-refractivity contribution is 0.451. The Morgan fingerprint density at radius 1 is 1.00 bits per heavy atom. The molecular weight excluding hydrogens is 216 g/mol. The summed E-state index contributed by atoms with van der Waals surface area (Å²) in [4.78, 5) is 0. The summed E-state index contributed by atoms with van der Waals surface area (Å²) < 4.78 is 0. The molecule has 0 bridgehead atoms. The van der Waals surface area contributed by atoms with Gasteiger partial charge in [-0.3, -0.25) is 0 Å². The molecule has 0 aliphatic heterocycles. The Hall–Kier alpha value is -1.04. The van der Waals surface area contributed by atoms with Gasteiger partial charge in [0.1, 0.15) is 0 Å². The van der Waals surface area contributed by atoms with Gasteiger partial charge < -0.3 is 0 Å². The Morgan fingerprint density at radius 3 is 1.50 bits per heavy atom. The molecule has 104 valence electrons. The molecular formula is C18H32. The third kappa shape index (κ3) is 10.1. The summed E-state index contributed by atoms with van der Waals surface area (Å²) in [6.07, 6.45) is 0. The third-order valence-corrected chi connectivity index (χ3v) is 2.60. The Balaban J connectivity index is 0. The van der Waals surface area contributed by atoms with Crippen molar-refractivity contribution in [2.45, 2.75) is 55.4 Å². The zero-order valence-corrected chi connectivity index (χ0v) is 13.7. The van der Waals surface area contributed by atoms with E-state index in [1.807, 2.05) is 32.0 Å². The number of benzene rings is 1. The van der Waals surface area contributed by atoms with Crippen LogP contribution in [-0.4, -0.2) is 0 Å². The molecule has 0 spiro atoms. The van der Waals surface area contributed by atoms with Crippen molar-refractivity contribution in [3.05, 3.63) is 48.0 Å². The molecule has 0 amide bonds. The van der Waals surface area contributed by atoms with Crippen LogP contribution in [0.5, 0.6) is 0 Å². The predicted molar refractivity (Wildman–Crippen MR) is 86.0 cm³/mol. The molecule has 0 nitrogen and oxygen atoms in total. The van der Waals surface area contributed by atoms with Crippen LogP contribution in [0.4, 0.5) is 0 Å². The van der Waals surface area contributed by atoms with Crippen LogP contribution in [0.15, 0.2) is 42.5 Å². The zero-order valence-electron chi connectivity index (χ0n) is 13.7. The van der Waals surface area contributed by atoms with E-state index in [9.17, 15) is 0 Å². The molecule has 0 aromatic heterocycles. The van der Waals surface area contributed by atoms with Crippen LogP contribution in [0.3, 0.4) is 0 Å². The van der Waals surface area contributed by atoms with Gasteiger partial charge in [-0.05, 0) is 18.3 Å². The van der Waals surface area contributed by atoms with Gasteiger partial charge in [0.05, 0.1) is 0 Å². The van der Waals surface area contributed by atoms with Crippen molar-refractivity contribution < 1.29 is 0 Å². The van der Waals surface area contributed by atoms with E-state index in [1.165, 1.54) is 11.1 Å². The minimum atomic E-state index is 0.286. The van der Waals surface area contributed by atoms with E-state index in [4.69, 9.17) is 0 Å². The number of aryl methyl sites for hydroxylation is 1. The van der Waals surface area contributed by atoms with Crippen LogP contribution in [0.2, 0.25) is 0 Å². The molecule has 0 saturated carbocycles. The monoisotopic (exact) mass is 248 g/mol. The fourth-order valence-electron chi connectivity index (χ4n) is 1.40. The van der Waals surface area contributed by atoms with Crippen molar-refractivity contribution in [2.24, 2.45) is 11.3 Å². The molecule has 0 aliphatic carbocycles. The normalized spacial score (nSPS) is 9.83. The topological polar surface area (TPSA) is 0 Å².